The number of H-pyrrole nitrogens is 1. The van der Waals surface area contributed by atoms with E-state index in [0.29, 0.717) is 12.5 Å². The zero-order valence-corrected chi connectivity index (χ0v) is 12.8. The number of hydrogen-bond acceptors (Lipinski definition) is 6. The quantitative estimate of drug-likeness (QED) is 0.754. The second-order valence-corrected chi connectivity index (χ2v) is 5.60. The summed E-state index contributed by atoms with van der Waals surface area (Å²) in [4.78, 5) is 29.9. The molecule has 1 unspecified atom stereocenters. The molecule has 0 bridgehead atoms. The van der Waals surface area contributed by atoms with E-state index >= 15 is 0 Å². The molecule has 1 amide bonds. The number of oxazole rings is 1. The van der Waals surface area contributed by atoms with Gasteiger partial charge in [0.25, 0.3) is 5.91 Å². The van der Waals surface area contributed by atoms with Crippen molar-refractivity contribution in [1.29, 1.82) is 0 Å². The molecule has 122 valence electrons. The summed E-state index contributed by atoms with van der Waals surface area (Å²) in [6.07, 6.45) is 7.09. The van der Waals surface area contributed by atoms with E-state index in [9.17, 15) is 4.79 Å². The second-order valence-electron chi connectivity index (χ2n) is 5.60. The molecule has 8 heteroatoms. The Bertz CT molecular complexity index is 815. The Labute approximate surface area is 137 Å². The number of hydrogen-bond donors (Lipinski definition) is 2. The lowest BCUT2D eigenvalue weighted by Crippen LogP contribution is -2.37. The number of rotatable bonds is 4. The van der Waals surface area contributed by atoms with Gasteiger partial charge in [-0.1, -0.05) is 0 Å². The Morgan fingerprint density at radius 3 is 3.17 bits per heavy atom. The SMILES string of the molecule is O=C(NC1CCN(c2nccc(-c3ccc[nH]3)n2)C1)c1cnco1. The van der Waals surface area contributed by atoms with Crippen LogP contribution in [0.5, 0.6) is 0 Å². The minimum atomic E-state index is -0.250. The van der Waals surface area contributed by atoms with Crippen LogP contribution in [0.2, 0.25) is 0 Å². The van der Waals surface area contributed by atoms with Crippen LogP contribution in [0.1, 0.15) is 17.0 Å². The van der Waals surface area contributed by atoms with Crippen molar-refractivity contribution < 1.29 is 9.21 Å². The second kappa shape index (κ2) is 6.15. The normalized spacial score (nSPS) is 17.2. The number of nitrogens with zero attached hydrogens (tertiary/aromatic N) is 4. The van der Waals surface area contributed by atoms with Crippen LogP contribution in [0, 0.1) is 0 Å². The topological polar surface area (TPSA) is 99.9 Å². The Hall–Kier alpha value is -3.16. The fourth-order valence-electron chi connectivity index (χ4n) is 2.78. The largest absolute Gasteiger partial charge is 0.438 e. The maximum Gasteiger partial charge on any atom is 0.288 e. The van der Waals surface area contributed by atoms with Crippen molar-refractivity contribution in [2.24, 2.45) is 0 Å². The summed E-state index contributed by atoms with van der Waals surface area (Å²) in [7, 11) is 0. The minimum Gasteiger partial charge on any atom is -0.438 e. The molecule has 3 aromatic heterocycles. The first-order chi connectivity index (χ1) is 11.8. The molecule has 0 aliphatic carbocycles. The number of anilines is 1. The van der Waals surface area contributed by atoms with E-state index in [1.54, 1.807) is 6.20 Å². The lowest BCUT2D eigenvalue weighted by atomic mass is 10.2. The molecule has 3 aromatic rings. The van der Waals surface area contributed by atoms with Crippen LogP contribution < -0.4 is 10.2 Å². The van der Waals surface area contributed by atoms with Gasteiger partial charge in [0.15, 0.2) is 6.39 Å². The molecule has 4 rings (SSSR count). The Balaban J connectivity index is 1.43. The van der Waals surface area contributed by atoms with Gasteiger partial charge in [0.2, 0.25) is 11.7 Å². The Morgan fingerprint density at radius 2 is 2.38 bits per heavy atom. The summed E-state index contributed by atoms with van der Waals surface area (Å²) in [5.41, 5.74) is 1.80. The fourth-order valence-corrected chi connectivity index (χ4v) is 2.78. The third kappa shape index (κ3) is 2.85. The zero-order valence-electron chi connectivity index (χ0n) is 12.8. The minimum absolute atomic E-state index is 0.0281. The highest BCUT2D eigenvalue weighted by atomic mass is 16.3. The molecule has 0 aromatic carbocycles. The van der Waals surface area contributed by atoms with Crippen molar-refractivity contribution in [3.05, 3.63) is 48.9 Å². The standard InChI is InChI=1S/C16H16N6O2/c23-15(14-8-17-10-24-14)20-11-4-7-22(9-11)16-19-6-3-13(21-16)12-2-1-5-18-12/h1-3,5-6,8,10-11,18H,4,7,9H2,(H,20,23). The van der Waals surface area contributed by atoms with Gasteiger partial charge in [-0.3, -0.25) is 4.79 Å². The van der Waals surface area contributed by atoms with E-state index in [2.05, 4.69) is 30.2 Å². The Morgan fingerprint density at radius 1 is 1.42 bits per heavy atom. The third-order valence-corrected chi connectivity index (χ3v) is 3.98. The number of aromatic nitrogens is 4. The van der Waals surface area contributed by atoms with Crippen LogP contribution in [0.3, 0.4) is 0 Å². The monoisotopic (exact) mass is 324 g/mol. The van der Waals surface area contributed by atoms with Crippen LogP contribution in [0.15, 0.2) is 47.6 Å². The predicted octanol–water partition coefficient (Wildman–Crippen LogP) is 1.47. The van der Waals surface area contributed by atoms with Crippen molar-refractivity contribution in [3.63, 3.8) is 0 Å². The van der Waals surface area contributed by atoms with Crippen molar-refractivity contribution >= 4 is 11.9 Å². The van der Waals surface area contributed by atoms with Crippen LogP contribution >= 0.6 is 0 Å². The smallest absolute Gasteiger partial charge is 0.288 e. The fraction of sp³-hybridized carbons (Fsp3) is 0.250. The molecular weight excluding hydrogens is 308 g/mol. The molecule has 1 atom stereocenters. The molecule has 4 heterocycles. The first kappa shape index (κ1) is 14.4. The summed E-state index contributed by atoms with van der Waals surface area (Å²) >= 11 is 0. The van der Waals surface area contributed by atoms with E-state index in [4.69, 9.17) is 4.42 Å². The van der Waals surface area contributed by atoms with Crippen LogP contribution in [0.25, 0.3) is 11.4 Å². The Kier molecular flexibility index (Phi) is 3.70. The summed E-state index contributed by atoms with van der Waals surface area (Å²) in [6, 6.07) is 5.80. The molecule has 2 N–H and O–H groups in total. The van der Waals surface area contributed by atoms with Gasteiger partial charge in [0, 0.05) is 31.5 Å². The van der Waals surface area contributed by atoms with Crippen molar-refractivity contribution in [1.82, 2.24) is 25.3 Å². The molecule has 0 spiro atoms. The van der Waals surface area contributed by atoms with E-state index in [1.807, 2.05) is 24.4 Å². The van der Waals surface area contributed by atoms with Gasteiger partial charge in [-0.05, 0) is 24.6 Å². The zero-order chi connectivity index (χ0) is 16.4. The first-order valence-corrected chi connectivity index (χ1v) is 7.71. The highest BCUT2D eigenvalue weighted by Gasteiger charge is 2.26. The number of carbonyl (C=O) groups is 1. The lowest BCUT2D eigenvalue weighted by molar-refractivity contribution is 0.0912. The average molecular weight is 324 g/mol. The van der Waals surface area contributed by atoms with E-state index in [0.717, 1.165) is 24.4 Å². The van der Waals surface area contributed by atoms with Gasteiger partial charge < -0.3 is 19.6 Å². The molecule has 1 aliphatic heterocycles. The third-order valence-electron chi connectivity index (χ3n) is 3.98. The van der Waals surface area contributed by atoms with Gasteiger partial charge in [-0.2, -0.15) is 0 Å². The number of aromatic amines is 1. The number of nitrogens with one attached hydrogen (secondary N) is 2. The van der Waals surface area contributed by atoms with Crippen molar-refractivity contribution in [3.8, 4) is 11.4 Å². The summed E-state index contributed by atoms with van der Waals surface area (Å²) < 4.78 is 5.01. The van der Waals surface area contributed by atoms with Crippen LogP contribution in [-0.4, -0.2) is 45.0 Å². The van der Waals surface area contributed by atoms with Gasteiger partial charge in [0.05, 0.1) is 17.6 Å². The van der Waals surface area contributed by atoms with Gasteiger partial charge in [0.1, 0.15) is 0 Å². The maximum atomic E-state index is 12.0. The molecule has 0 saturated carbocycles. The molecule has 1 saturated heterocycles. The highest BCUT2D eigenvalue weighted by Crippen LogP contribution is 2.20. The lowest BCUT2D eigenvalue weighted by Gasteiger charge is -2.17. The van der Waals surface area contributed by atoms with Gasteiger partial charge in [-0.25, -0.2) is 15.0 Å². The van der Waals surface area contributed by atoms with Crippen molar-refractivity contribution in [2.45, 2.75) is 12.5 Å². The predicted molar refractivity (Wildman–Crippen MR) is 86.4 cm³/mol. The molecule has 0 radical (unpaired) electrons. The molecular formula is C16H16N6O2. The highest BCUT2D eigenvalue weighted by molar-refractivity contribution is 5.91. The van der Waals surface area contributed by atoms with E-state index < -0.39 is 0 Å². The first-order valence-electron chi connectivity index (χ1n) is 7.71. The summed E-state index contributed by atoms with van der Waals surface area (Å²) in [5.74, 6) is 0.636. The van der Waals surface area contributed by atoms with Gasteiger partial charge >= 0.3 is 0 Å². The van der Waals surface area contributed by atoms with Gasteiger partial charge in [-0.15, -0.1) is 0 Å². The molecule has 1 aliphatic rings. The molecule has 8 nitrogen and oxygen atoms in total. The van der Waals surface area contributed by atoms with E-state index in [1.165, 1.54) is 12.6 Å². The molecule has 1 fully saturated rings. The average Bonchev–Trinajstić information content (AvgIpc) is 3.36. The van der Waals surface area contributed by atoms with Crippen LogP contribution in [-0.2, 0) is 0 Å². The molecule has 24 heavy (non-hydrogen) atoms. The number of amides is 1. The number of carbonyl (C=O) groups excluding carboxylic acids is 1. The van der Waals surface area contributed by atoms with Crippen LogP contribution in [0.4, 0.5) is 5.95 Å². The van der Waals surface area contributed by atoms with Crippen molar-refractivity contribution in [2.75, 3.05) is 18.0 Å². The van der Waals surface area contributed by atoms with E-state index in [-0.39, 0.29) is 17.7 Å². The maximum absolute atomic E-state index is 12.0. The summed E-state index contributed by atoms with van der Waals surface area (Å²) in [5, 5.41) is 2.95. The summed E-state index contributed by atoms with van der Waals surface area (Å²) in [6.45, 7) is 1.45.